The Hall–Kier alpha value is -1.18. The normalized spacial score (nSPS) is 22.6. The van der Waals surface area contributed by atoms with Gasteiger partial charge in [-0.15, -0.1) is 0 Å². The number of para-hydroxylation sites is 2. The number of nitrogens with one attached hydrogen (secondary N) is 2. The molecule has 0 bridgehead atoms. The highest BCUT2D eigenvalue weighted by molar-refractivity contribution is 5.69. The zero-order chi connectivity index (χ0) is 15.4. The van der Waals surface area contributed by atoms with Crippen molar-refractivity contribution in [2.75, 3.05) is 10.6 Å². The molecule has 0 aromatic heterocycles. The molecule has 0 unspecified atom stereocenters. The van der Waals surface area contributed by atoms with Gasteiger partial charge in [0.05, 0.1) is 11.4 Å². The molecule has 2 fully saturated rings. The van der Waals surface area contributed by atoms with Gasteiger partial charge in [0.25, 0.3) is 0 Å². The molecule has 2 saturated carbocycles. The average Bonchev–Trinajstić information content (AvgIpc) is 3.23. The third kappa shape index (κ3) is 3.77. The van der Waals surface area contributed by atoms with Crippen molar-refractivity contribution in [2.24, 2.45) is 11.8 Å². The van der Waals surface area contributed by atoms with E-state index in [1.165, 1.54) is 62.7 Å². The first kappa shape index (κ1) is 15.7. The summed E-state index contributed by atoms with van der Waals surface area (Å²) in [6.45, 7) is 4.71. The molecule has 2 heteroatoms. The first-order chi connectivity index (χ1) is 10.7. The van der Waals surface area contributed by atoms with E-state index in [0.29, 0.717) is 12.1 Å². The maximum Gasteiger partial charge on any atom is 0.0578 e. The summed E-state index contributed by atoms with van der Waals surface area (Å²) in [7, 11) is 0. The van der Waals surface area contributed by atoms with Crippen molar-refractivity contribution in [1.82, 2.24) is 0 Å². The van der Waals surface area contributed by atoms with Crippen molar-refractivity contribution >= 4 is 11.4 Å². The fraction of sp³-hybridized carbons (Fsp3) is 0.700. The van der Waals surface area contributed by atoms with Crippen LogP contribution in [0, 0.1) is 11.8 Å². The number of hydrogen-bond donors (Lipinski definition) is 2. The molecule has 2 atom stereocenters. The second-order valence-corrected chi connectivity index (χ2v) is 7.50. The second kappa shape index (κ2) is 7.39. The Balaban J connectivity index is 1.63. The van der Waals surface area contributed by atoms with E-state index >= 15 is 0 Å². The van der Waals surface area contributed by atoms with Crippen molar-refractivity contribution in [2.45, 2.75) is 77.3 Å². The summed E-state index contributed by atoms with van der Waals surface area (Å²) in [6.07, 6.45) is 11.2. The van der Waals surface area contributed by atoms with Gasteiger partial charge in [0.15, 0.2) is 0 Å². The van der Waals surface area contributed by atoms with Crippen molar-refractivity contribution in [3.05, 3.63) is 24.3 Å². The van der Waals surface area contributed by atoms with Crippen LogP contribution in [-0.2, 0) is 0 Å². The highest BCUT2D eigenvalue weighted by atomic mass is 15.0. The van der Waals surface area contributed by atoms with Gasteiger partial charge in [0.1, 0.15) is 0 Å². The predicted molar refractivity (Wildman–Crippen MR) is 96.5 cm³/mol. The molecule has 0 aliphatic heterocycles. The third-order valence-corrected chi connectivity index (χ3v) is 5.91. The second-order valence-electron chi connectivity index (χ2n) is 7.50. The smallest absolute Gasteiger partial charge is 0.0578 e. The standard InChI is InChI=1S/C20H32N2/c1-15(17-9-3-4-10-17)21-19-13-7-8-14-20(19)22-16(2)18-11-5-6-12-18/h7-8,13-18,21-22H,3-6,9-12H2,1-2H3/t15-,16-/m0/s1. The van der Waals surface area contributed by atoms with E-state index in [-0.39, 0.29) is 0 Å². The summed E-state index contributed by atoms with van der Waals surface area (Å²) in [5.74, 6) is 1.70. The number of rotatable bonds is 6. The van der Waals surface area contributed by atoms with E-state index in [2.05, 4.69) is 48.7 Å². The van der Waals surface area contributed by atoms with Gasteiger partial charge in [-0.05, 0) is 63.5 Å². The summed E-state index contributed by atoms with van der Waals surface area (Å²) in [6, 6.07) is 9.91. The van der Waals surface area contributed by atoms with Crippen LogP contribution in [0.3, 0.4) is 0 Å². The van der Waals surface area contributed by atoms with Gasteiger partial charge in [-0.25, -0.2) is 0 Å². The summed E-state index contributed by atoms with van der Waals surface area (Å²) >= 11 is 0. The Labute approximate surface area is 136 Å². The summed E-state index contributed by atoms with van der Waals surface area (Å²) < 4.78 is 0. The lowest BCUT2D eigenvalue weighted by atomic mass is 9.98. The maximum atomic E-state index is 3.79. The van der Waals surface area contributed by atoms with E-state index in [0.717, 1.165) is 11.8 Å². The van der Waals surface area contributed by atoms with Crippen LogP contribution in [0.4, 0.5) is 11.4 Å². The molecular formula is C20H32N2. The van der Waals surface area contributed by atoms with Gasteiger partial charge in [-0.3, -0.25) is 0 Å². The molecule has 2 aliphatic carbocycles. The van der Waals surface area contributed by atoms with Crippen LogP contribution in [0.1, 0.15) is 65.2 Å². The van der Waals surface area contributed by atoms with Gasteiger partial charge >= 0.3 is 0 Å². The minimum Gasteiger partial charge on any atom is -0.381 e. The Kier molecular flexibility index (Phi) is 5.28. The monoisotopic (exact) mass is 300 g/mol. The molecule has 0 amide bonds. The minimum atomic E-state index is 0.576. The van der Waals surface area contributed by atoms with E-state index in [4.69, 9.17) is 0 Å². The molecule has 1 aromatic carbocycles. The molecule has 2 nitrogen and oxygen atoms in total. The lowest BCUT2D eigenvalue weighted by Gasteiger charge is -2.26. The zero-order valence-corrected chi connectivity index (χ0v) is 14.3. The van der Waals surface area contributed by atoms with E-state index in [9.17, 15) is 0 Å². The van der Waals surface area contributed by atoms with Crippen LogP contribution >= 0.6 is 0 Å². The first-order valence-electron chi connectivity index (χ1n) is 9.36. The van der Waals surface area contributed by atoms with Crippen molar-refractivity contribution in [3.63, 3.8) is 0 Å². The Bertz CT molecular complexity index is 416. The molecule has 122 valence electrons. The largest absolute Gasteiger partial charge is 0.381 e. The Morgan fingerprint density at radius 3 is 1.45 bits per heavy atom. The molecule has 2 N–H and O–H groups in total. The van der Waals surface area contributed by atoms with Crippen LogP contribution in [0.15, 0.2) is 24.3 Å². The van der Waals surface area contributed by atoms with Crippen molar-refractivity contribution < 1.29 is 0 Å². The zero-order valence-electron chi connectivity index (χ0n) is 14.3. The third-order valence-electron chi connectivity index (χ3n) is 5.91. The van der Waals surface area contributed by atoms with Crippen LogP contribution in [0.25, 0.3) is 0 Å². The van der Waals surface area contributed by atoms with Gasteiger partial charge in [-0.2, -0.15) is 0 Å². The summed E-state index contributed by atoms with van der Waals surface area (Å²) in [5.41, 5.74) is 2.57. The number of benzene rings is 1. The van der Waals surface area contributed by atoms with Gasteiger partial charge in [0, 0.05) is 12.1 Å². The Morgan fingerprint density at radius 1 is 0.727 bits per heavy atom. The molecule has 0 radical (unpaired) electrons. The SMILES string of the molecule is C[C@H](Nc1ccccc1N[C@@H](C)C1CCCC1)C1CCCC1. The minimum absolute atomic E-state index is 0.576. The van der Waals surface area contributed by atoms with E-state index in [1.807, 2.05) is 0 Å². The molecule has 1 aromatic rings. The number of hydrogen-bond acceptors (Lipinski definition) is 2. The molecule has 2 aliphatic rings. The van der Waals surface area contributed by atoms with Gasteiger partial charge < -0.3 is 10.6 Å². The van der Waals surface area contributed by atoms with Crippen LogP contribution in [0.5, 0.6) is 0 Å². The molecule has 3 rings (SSSR count). The topological polar surface area (TPSA) is 24.1 Å². The quantitative estimate of drug-likeness (QED) is 0.707. The maximum absolute atomic E-state index is 3.79. The lowest BCUT2D eigenvalue weighted by Crippen LogP contribution is -2.27. The number of anilines is 2. The lowest BCUT2D eigenvalue weighted by molar-refractivity contribution is 0.479. The van der Waals surface area contributed by atoms with Crippen LogP contribution < -0.4 is 10.6 Å². The first-order valence-corrected chi connectivity index (χ1v) is 9.36. The fourth-order valence-corrected chi connectivity index (χ4v) is 4.38. The highest BCUT2D eigenvalue weighted by Gasteiger charge is 2.24. The highest BCUT2D eigenvalue weighted by Crippen LogP contribution is 2.33. The molecular weight excluding hydrogens is 268 g/mol. The predicted octanol–water partition coefficient (Wildman–Crippen LogP) is 5.67. The Morgan fingerprint density at radius 2 is 1.09 bits per heavy atom. The van der Waals surface area contributed by atoms with E-state index < -0.39 is 0 Å². The van der Waals surface area contributed by atoms with Crippen LogP contribution in [0.2, 0.25) is 0 Å². The molecule has 0 saturated heterocycles. The summed E-state index contributed by atoms with van der Waals surface area (Å²) in [5, 5.41) is 7.57. The molecule has 22 heavy (non-hydrogen) atoms. The average molecular weight is 300 g/mol. The summed E-state index contributed by atoms with van der Waals surface area (Å²) in [4.78, 5) is 0. The van der Waals surface area contributed by atoms with E-state index in [1.54, 1.807) is 0 Å². The fourth-order valence-electron chi connectivity index (χ4n) is 4.38. The van der Waals surface area contributed by atoms with Gasteiger partial charge in [0.2, 0.25) is 0 Å². The van der Waals surface area contributed by atoms with Crippen molar-refractivity contribution in [1.29, 1.82) is 0 Å². The van der Waals surface area contributed by atoms with Crippen molar-refractivity contribution in [3.8, 4) is 0 Å². The van der Waals surface area contributed by atoms with Gasteiger partial charge in [-0.1, -0.05) is 37.8 Å². The molecule has 0 spiro atoms. The van der Waals surface area contributed by atoms with Crippen LogP contribution in [-0.4, -0.2) is 12.1 Å². The molecule has 0 heterocycles.